The largest absolute Gasteiger partial charge is 0.444 e. The van der Waals surface area contributed by atoms with E-state index in [1.807, 2.05) is 25.7 Å². The van der Waals surface area contributed by atoms with Crippen LogP contribution in [-0.2, 0) is 9.53 Å². The maximum absolute atomic E-state index is 13.2. The molecule has 1 atom stereocenters. The summed E-state index contributed by atoms with van der Waals surface area (Å²) in [4.78, 5) is 30.1. The fourth-order valence-electron chi connectivity index (χ4n) is 2.81. The number of halogens is 1. The van der Waals surface area contributed by atoms with Crippen molar-refractivity contribution >= 4 is 23.6 Å². The van der Waals surface area contributed by atoms with E-state index in [1.54, 1.807) is 13.1 Å². The summed E-state index contributed by atoms with van der Waals surface area (Å²) < 4.78 is 18.4. The first-order chi connectivity index (χ1) is 13.2. The molecule has 8 nitrogen and oxygen atoms in total. The van der Waals surface area contributed by atoms with Crippen LogP contribution in [0.3, 0.4) is 0 Å². The Kier molecular flexibility index (Phi) is 7.19. The number of nitrogens with zero attached hydrogens (tertiary/aromatic N) is 2. The standard InChI is InChI=1S/C19H28FN5O3/c1-19(2,3)28-18(27)24-15-8-9-25(12-15)17(21-4)22-11-16(26)23-14-7-5-6-13(20)10-14/h5-7,10,15H,8-9,11-12H2,1-4H3,(H,21,22)(H,23,26)(H,24,27). The van der Waals surface area contributed by atoms with Gasteiger partial charge in [0, 0.05) is 25.8 Å². The average molecular weight is 393 g/mol. The molecule has 2 rings (SSSR count). The monoisotopic (exact) mass is 393 g/mol. The Morgan fingerprint density at radius 3 is 2.75 bits per heavy atom. The first-order valence-electron chi connectivity index (χ1n) is 9.17. The van der Waals surface area contributed by atoms with Crippen molar-refractivity contribution in [1.82, 2.24) is 15.5 Å². The molecule has 1 fully saturated rings. The van der Waals surface area contributed by atoms with E-state index in [0.717, 1.165) is 6.42 Å². The quantitative estimate of drug-likeness (QED) is 0.537. The van der Waals surface area contributed by atoms with Gasteiger partial charge in [0.2, 0.25) is 5.91 Å². The van der Waals surface area contributed by atoms with Gasteiger partial charge in [0.1, 0.15) is 11.4 Å². The van der Waals surface area contributed by atoms with E-state index in [4.69, 9.17) is 4.74 Å². The molecular formula is C19H28FN5O3. The molecule has 1 aliphatic heterocycles. The van der Waals surface area contributed by atoms with Gasteiger partial charge >= 0.3 is 6.09 Å². The van der Waals surface area contributed by atoms with E-state index in [1.165, 1.54) is 18.2 Å². The highest BCUT2D eigenvalue weighted by atomic mass is 19.1. The van der Waals surface area contributed by atoms with Gasteiger partial charge in [-0.25, -0.2) is 9.18 Å². The first kappa shape index (κ1) is 21.5. The molecule has 154 valence electrons. The van der Waals surface area contributed by atoms with Crippen molar-refractivity contribution in [3.8, 4) is 0 Å². The number of nitrogens with one attached hydrogen (secondary N) is 3. The van der Waals surface area contributed by atoms with Gasteiger partial charge in [0.05, 0.1) is 12.6 Å². The number of rotatable bonds is 4. The van der Waals surface area contributed by atoms with Gasteiger partial charge in [-0.3, -0.25) is 9.79 Å². The molecule has 0 radical (unpaired) electrons. The lowest BCUT2D eigenvalue weighted by molar-refractivity contribution is -0.115. The summed E-state index contributed by atoms with van der Waals surface area (Å²) in [5.74, 6) is -0.167. The van der Waals surface area contributed by atoms with Gasteiger partial charge in [0.15, 0.2) is 5.96 Å². The molecule has 1 saturated heterocycles. The number of ether oxygens (including phenoxy) is 1. The lowest BCUT2D eigenvalue weighted by Crippen LogP contribution is -2.45. The number of benzene rings is 1. The third-order valence-corrected chi connectivity index (χ3v) is 3.94. The lowest BCUT2D eigenvalue weighted by atomic mass is 10.2. The summed E-state index contributed by atoms with van der Waals surface area (Å²) in [6.07, 6.45) is 0.298. The van der Waals surface area contributed by atoms with Crippen molar-refractivity contribution in [3.05, 3.63) is 30.1 Å². The lowest BCUT2D eigenvalue weighted by Gasteiger charge is -2.23. The predicted molar refractivity (Wildman–Crippen MR) is 106 cm³/mol. The van der Waals surface area contributed by atoms with Crippen LogP contribution in [0.5, 0.6) is 0 Å². The normalized spacial score (nSPS) is 17.2. The summed E-state index contributed by atoms with van der Waals surface area (Å²) in [5, 5.41) is 8.45. The number of hydrogen-bond donors (Lipinski definition) is 3. The summed E-state index contributed by atoms with van der Waals surface area (Å²) in [7, 11) is 1.63. The SMILES string of the molecule is CN=C(NCC(=O)Nc1cccc(F)c1)N1CCC(NC(=O)OC(C)(C)C)C1. The van der Waals surface area contributed by atoms with E-state index in [2.05, 4.69) is 20.9 Å². The van der Waals surface area contributed by atoms with Crippen LogP contribution in [0.4, 0.5) is 14.9 Å². The van der Waals surface area contributed by atoms with Gasteiger partial charge in [0.25, 0.3) is 0 Å². The van der Waals surface area contributed by atoms with Gasteiger partial charge in [-0.05, 0) is 45.4 Å². The van der Waals surface area contributed by atoms with E-state index in [0.29, 0.717) is 24.7 Å². The fourth-order valence-corrected chi connectivity index (χ4v) is 2.81. The van der Waals surface area contributed by atoms with Gasteiger partial charge in [-0.1, -0.05) is 6.07 Å². The number of likely N-dealkylation sites (tertiary alicyclic amines) is 1. The van der Waals surface area contributed by atoms with E-state index < -0.39 is 17.5 Å². The van der Waals surface area contributed by atoms with Crippen molar-refractivity contribution in [1.29, 1.82) is 0 Å². The van der Waals surface area contributed by atoms with Gasteiger partial charge in [-0.2, -0.15) is 0 Å². The number of guanidine groups is 1. The zero-order valence-corrected chi connectivity index (χ0v) is 16.7. The molecule has 0 aliphatic carbocycles. The van der Waals surface area contributed by atoms with Crippen LogP contribution in [0.2, 0.25) is 0 Å². The Bertz CT molecular complexity index is 733. The second-order valence-electron chi connectivity index (χ2n) is 7.54. The molecule has 0 bridgehead atoms. The highest BCUT2D eigenvalue weighted by Crippen LogP contribution is 2.12. The van der Waals surface area contributed by atoms with Crippen molar-refractivity contribution in [3.63, 3.8) is 0 Å². The van der Waals surface area contributed by atoms with E-state index >= 15 is 0 Å². The molecular weight excluding hydrogens is 365 g/mol. The smallest absolute Gasteiger partial charge is 0.407 e. The van der Waals surface area contributed by atoms with Gasteiger partial charge in [-0.15, -0.1) is 0 Å². The van der Waals surface area contributed by atoms with Crippen LogP contribution in [0.25, 0.3) is 0 Å². The fraction of sp³-hybridized carbons (Fsp3) is 0.526. The zero-order chi connectivity index (χ0) is 20.7. The van der Waals surface area contributed by atoms with Crippen molar-refractivity contribution in [2.24, 2.45) is 4.99 Å². The minimum atomic E-state index is -0.547. The molecule has 3 N–H and O–H groups in total. The Morgan fingerprint density at radius 2 is 2.11 bits per heavy atom. The molecule has 0 spiro atoms. The van der Waals surface area contributed by atoms with Gasteiger partial charge < -0.3 is 25.6 Å². The van der Waals surface area contributed by atoms with Crippen LogP contribution in [0.15, 0.2) is 29.3 Å². The second-order valence-corrected chi connectivity index (χ2v) is 7.54. The number of amides is 2. The number of carbonyl (C=O) groups is 2. The maximum atomic E-state index is 13.2. The highest BCUT2D eigenvalue weighted by molar-refractivity contribution is 5.95. The van der Waals surface area contributed by atoms with Crippen molar-refractivity contribution in [2.45, 2.75) is 38.8 Å². The highest BCUT2D eigenvalue weighted by Gasteiger charge is 2.28. The number of aliphatic imine (C=N–C) groups is 1. The Balaban J connectivity index is 1.79. The Hall–Kier alpha value is -2.84. The molecule has 1 aromatic rings. The van der Waals surface area contributed by atoms with Crippen LogP contribution in [0.1, 0.15) is 27.2 Å². The number of hydrogen-bond acceptors (Lipinski definition) is 4. The molecule has 1 heterocycles. The Morgan fingerprint density at radius 1 is 1.36 bits per heavy atom. The minimum Gasteiger partial charge on any atom is -0.444 e. The number of alkyl carbamates (subject to hydrolysis) is 1. The molecule has 9 heteroatoms. The summed E-state index contributed by atoms with van der Waals surface area (Å²) >= 11 is 0. The minimum absolute atomic E-state index is 0.0101. The van der Waals surface area contributed by atoms with Crippen LogP contribution in [0, 0.1) is 5.82 Å². The van der Waals surface area contributed by atoms with Crippen molar-refractivity contribution < 1.29 is 18.7 Å². The molecule has 0 saturated carbocycles. The predicted octanol–water partition coefficient (Wildman–Crippen LogP) is 1.94. The molecule has 28 heavy (non-hydrogen) atoms. The zero-order valence-electron chi connectivity index (χ0n) is 16.7. The number of anilines is 1. The average Bonchev–Trinajstić information content (AvgIpc) is 3.01. The summed E-state index contributed by atoms with van der Waals surface area (Å²) in [6, 6.07) is 5.64. The van der Waals surface area contributed by atoms with E-state index in [9.17, 15) is 14.0 Å². The molecule has 2 amide bonds. The van der Waals surface area contributed by atoms with Crippen molar-refractivity contribution in [2.75, 3.05) is 32.0 Å². The number of carbonyl (C=O) groups excluding carboxylic acids is 2. The first-order valence-corrected chi connectivity index (χ1v) is 9.17. The third-order valence-electron chi connectivity index (χ3n) is 3.94. The molecule has 1 aliphatic rings. The molecule has 0 aromatic heterocycles. The van der Waals surface area contributed by atoms with E-state index in [-0.39, 0.29) is 18.5 Å². The molecule has 1 aromatic carbocycles. The molecule has 1 unspecified atom stereocenters. The maximum Gasteiger partial charge on any atom is 0.407 e. The summed E-state index contributed by atoms with van der Waals surface area (Å²) in [6.45, 7) is 6.68. The topological polar surface area (TPSA) is 95.1 Å². The van der Waals surface area contributed by atoms with Crippen LogP contribution in [-0.4, -0.2) is 61.2 Å². The Labute approximate surface area is 164 Å². The van der Waals surface area contributed by atoms with Crippen LogP contribution < -0.4 is 16.0 Å². The third kappa shape index (κ3) is 7.05. The second kappa shape index (κ2) is 9.38. The summed E-state index contributed by atoms with van der Waals surface area (Å²) in [5.41, 5.74) is -0.153. The van der Waals surface area contributed by atoms with Crippen LogP contribution >= 0.6 is 0 Å².